The number of hydrogen-bond donors (Lipinski definition) is 1. The van der Waals surface area contributed by atoms with Crippen LogP contribution in [-0.2, 0) is 11.2 Å². The van der Waals surface area contributed by atoms with Crippen LogP contribution in [-0.4, -0.2) is 53.0 Å². The minimum absolute atomic E-state index is 0.130. The maximum atomic E-state index is 12.5. The number of carbonyl (C=O) groups is 1. The Balaban J connectivity index is 1.43. The monoisotopic (exact) mass is 410 g/mol. The molecular weight excluding hydrogens is 384 g/mol. The summed E-state index contributed by atoms with van der Waals surface area (Å²) in [5, 5.41) is 16.0. The van der Waals surface area contributed by atoms with Crippen LogP contribution in [0.25, 0.3) is 5.65 Å². The van der Waals surface area contributed by atoms with Crippen molar-refractivity contribution in [2.75, 3.05) is 37.5 Å². The van der Waals surface area contributed by atoms with Crippen molar-refractivity contribution < 1.29 is 14.3 Å². The summed E-state index contributed by atoms with van der Waals surface area (Å²) in [5.41, 5.74) is 1.30. The number of aromatic nitrogens is 4. The molecule has 30 heavy (non-hydrogen) atoms. The normalized spacial score (nSPS) is 14.0. The molecule has 0 atom stereocenters. The van der Waals surface area contributed by atoms with E-state index in [4.69, 9.17) is 14.6 Å². The molecule has 3 heterocycles. The van der Waals surface area contributed by atoms with Gasteiger partial charge in [0.05, 0.1) is 14.2 Å². The average Bonchev–Trinajstić information content (AvgIpc) is 3.20. The van der Waals surface area contributed by atoms with Crippen LogP contribution >= 0.6 is 0 Å². The quantitative estimate of drug-likeness (QED) is 0.640. The molecule has 1 N–H and O–H groups in total. The predicted octanol–water partition coefficient (Wildman–Crippen LogP) is 2.70. The van der Waals surface area contributed by atoms with E-state index in [1.54, 1.807) is 36.9 Å². The number of nitrogens with zero attached hydrogens (tertiary/aromatic N) is 5. The Morgan fingerprint density at radius 3 is 2.47 bits per heavy atom. The molecule has 158 valence electrons. The second kappa shape index (κ2) is 8.98. The number of amides is 1. The lowest BCUT2D eigenvalue weighted by Crippen LogP contribution is -2.30. The molecule has 0 bridgehead atoms. The zero-order valence-corrected chi connectivity index (χ0v) is 17.3. The maximum absolute atomic E-state index is 12.5. The third kappa shape index (κ3) is 4.45. The van der Waals surface area contributed by atoms with Crippen molar-refractivity contribution in [3.8, 4) is 11.5 Å². The molecule has 1 saturated heterocycles. The van der Waals surface area contributed by atoms with Crippen LogP contribution < -0.4 is 19.7 Å². The third-order valence-electron chi connectivity index (χ3n) is 5.20. The summed E-state index contributed by atoms with van der Waals surface area (Å²) in [5.74, 6) is 2.69. The molecule has 9 heteroatoms. The van der Waals surface area contributed by atoms with E-state index in [2.05, 4.69) is 20.4 Å². The van der Waals surface area contributed by atoms with Crippen LogP contribution in [0, 0.1) is 0 Å². The minimum Gasteiger partial charge on any atom is -0.497 e. The molecule has 1 aromatic carbocycles. The van der Waals surface area contributed by atoms with E-state index in [9.17, 15) is 4.79 Å². The summed E-state index contributed by atoms with van der Waals surface area (Å²) in [4.78, 5) is 14.8. The van der Waals surface area contributed by atoms with Crippen molar-refractivity contribution in [2.45, 2.75) is 32.1 Å². The van der Waals surface area contributed by atoms with Gasteiger partial charge in [-0.25, -0.2) is 0 Å². The van der Waals surface area contributed by atoms with Gasteiger partial charge in [0.1, 0.15) is 17.3 Å². The Hall–Kier alpha value is -3.36. The SMILES string of the molecule is COc1cc(NC(=O)CCc2nnc3ccc(N4CCCCC4)nn23)cc(OC)c1. The van der Waals surface area contributed by atoms with E-state index in [0.29, 0.717) is 35.1 Å². The Morgan fingerprint density at radius 1 is 1.03 bits per heavy atom. The van der Waals surface area contributed by atoms with Crippen molar-refractivity contribution in [3.05, 3.63) is 36.2 Å². The highest BCUT2D eigenvalue weighted by Gasteiger charge is 2.15. The Bertz CT molecular complexity index is 1010. The van der Waals surface area contributed by atoms with Gasteiger partial charge in [-0.15, -0.1) is 15.3 Å². The van der Waals surface area contributed by atoms with Crippen molar-refractivity contribution in [3.63, 3.8) is 0 Å². The number of rotatable bonds is 7. The number of benzene rings is 1. The number of hydrogen-bond acceptors (Lipinski definition) is 7. The minimum atomic E-state index is -0.130. The molecule has 1 aliphatic rings. The highest BCUT2D eigenvalue weighted by Crippen LogP contribution is 2.26. The van der Waals surface area contributed by atoms with Gasteiger partial charge in [0.2, 0.25) is 5.91 Å². The zero-order chi connectivity index (χ0) is 20.9. The van der Waals surface area contributed by atoms with E-state index in [1.165, 1.54) is 19.3 Å². The topological polar surface area (TPSA) is 93.9 Å². The smallest absolute Gasteiger partial charge is 0.224 e. The Kier molecular flexibility index (Phi) is 5.97. The average molecular weight is 410 g/mol. The van der Waals surface area contributed by atoms with E-state index in [-0.39, 0.29) is 12.3 Å². The fraction of sp³-hybridized carbons (Fsp3) is 0.429. The van der Waals surface area contributed by atoms with Gasteiger partial charge in [0.15, 0.2) is 11.5 Å². The van der Waals surface area contributed by atoms with Gasteiger partial charge in [-0.2, -0.15) is 4.52 Å². The van der Waals surface area contributed by atoms with E-state index in [1.807, 2.05) is 12.1 Å². The first-order valence-corrected chi connectivity index (χ1v) is 10.2. The van der Waals surface area contributed by atoms with Crippen LogP contribution in [0.3, 0.4) is 0 Å². The summed E-state index contributed by atoms with van der Waals surface area (Å²) >= 11 is 0. The molecule has 0 spiro atoms. The van der Waals surface area contributed by atoms with Crippen LogP contribution in [0.1, 0.15) is 31.5 Å². The van der Waals surface area contributed by atoms with Crippen molar-refractivity contribution >= 4 is 23.1 Å². The third-order valence-corrected chi connectivity index (χ3v) is 5.20. The molecule has 9 nitrogen and oxygen atoms in total. The largest absolute Gasteiger partial charge is 0.497 e. The van der Waals surface area contributed by atoms with Crippen molar-refractivity contribution in [1.29, 1.82) is 0 Å². The summed E-state index contributed by atoms with van der Waals surface area (Å²) in [6.07, 6.45) is 4.33. The van der Waals surface area contributed by atoms with Crippen LogP contribution in [0.4, 0.5) is 11.5 Å². The van der Waals surface area contributed by atoms with Gasteiger partial charge < -0.3 is 19.7 Å². The molecule has 1 aliphatic heterocycles. The van der Waals surface area contributed by atoms with Crippen molar-refractivity contribution in [2.24, 2.45) is 0 Å². The molecule has 4 rings (SSSR count). The van der Waals surface area contributed by atoms with Gasteiger partial charge in [-0.3, -0.25) is 4.79 Å². The van der Waals surface area contributed by atoms with E-state index >= 15 is 0 Å². The first kappa shape index (κ1) is 19.9. The lowest BCUT2D eigenvalue weighted by molar-refractivity contribution is -0.116. The first-order chi connectivity index (χ1) is 14.7. The van der Waals surface area contributed by atoms with Crippen LogP contribution in [0.15, 0.2) is 30.3 Å². The van der Waals surface area contributed by atoms with Crippen molar-refractivity contribution in [1.82, 2.24) is 19.8 Å². The summed E-state index contributed by atoms with van der Waals surface area (Å²) in [6, 6.07) is 9.17. The second-order valence-electron chi connectivity index (χ2n) is 7.27. The molecule has 1 fully saturated rings. The van der Waals surface area contributed by atoms with Gasteiger partial charge in [-0.05, 0) is 31.4 Å². The summed E-state index contributed by atoms with van der Waals surface area (Å²) < 4.78 is 12.2. The van der Waals surface area contributed by atoms with Crippen LogP contribution in [0.5, 0.6) is 11.5 Å². The Labute approximate surface area is 175 Å². The summed E-state index contributed by atoms with van der Waals surface area (Å²) in [7, 11) is 3.14. The van der Waals surface area contributed by atoms with Gasteiger partial charge in [-0.1, -0.05) is 0 Å². The maximum Gasteiger partial charge on any atom is 0.224 e. The summed E-state index contributed by atoms with van der Waals surface area (Å²) in [6.45, 7) is 2.03. The lowest BCUT2D eigenvalue weighted by atomic mass is 10.1. The number of carbonyl (C=O) groups excluding carboxylic acids is 1. The fourth-order valence-corrected chi connectivity index (χ4v) is 3.60. The number of anilines is 2. The molecule has 1 amide bonds. The number of piperidine rings is 1. The number of methoxy groups -OCH3 is 2. The highest BCUT2D eigenvalue weighted by atomic mass is 16.5. The molecular formula is C21H26N6O3. The molecule has 0 unspecified atom stereocenters. The molecule has 0 saturated carbocycles. The number of aryl methyl sites for hydroxylation is 1. The lowest BCUT2D eigenvalue weighted by Gasteiger charge is -2.27. The fourth-order valence-electron chi connectivity index (χ4n) is 3.60. The number of ether oxygens (including phenoxy) is 2. The molecule has 3 aromatic rings. The second-order valence-corrected chi connectivity index (χ2v) is 7.27. The van der Waals surface area contributed by atoms with Gasteiger partial charge in [0, 0.05) is 49.8 Å². The number of nitrogens with one attached hydrogen (secondary N) is 1. The standard InChI is InChI=1S/C21H26N6O3/c1-29-16-12-15(13-17(14-16)30-2)22-21(28)9-8-19-24-23-18-6-7-20(25-27(18)19)26-10-4-3-5-11-26/h6-7,12-14H,3-5,8-11H2,1-2H3,(H,22,28). The molecule has 0 aliphatic carbocycles. The van der Waals surface area contributed by atoms with E-state index in [0.717, 1.165) is 18.9 Å². The Morgan fingerprint density at radius 2 is 1.77 bits per heavy atom. The predicted molar refractivity (Wildman–Crippen MR) is 113 cm³/mol. The highest BCUT2D eigenvalue weighted by molar-refractivity contribution is 5.91. The van der Waals surface area contributed by atoms with E-state index < -0.39 is 0 Å². The molecule has 2 aromatic heterocycles. The van der Waals surface area contributed by atoms with Crippen LogP contribution in [0.2, 0.25) is 0 Å². The number of fused-ring (bicyclic) bond motifs is 1. The molecule has 0 radical (unpaired) electrons. The first-order valence-electron chi connectivity index (χ1n) is 10.2. The van der Waals surface area contributed by atoms with Gasteiger partial charge in [0.25, 0.3) is 0 Å². The van der Waals surface area contributed by atoms with Gasteiger partial charge >= 0.3 is 0 Å². The zero-order valence-electron chi connectivity index (χ0n) is 17.3.